The second kappa shape index (κ2) is 11.4. The van der Waals surface area contributed by atoms with E-state index in [0.717, 1.165) is 12.1 Å². The van der Waals surface area contributed by atoms with E-state index < -0.39 is 46.1 Å². The predicted octanol–water partition coefficient (Wildman–Crippen LogP) is 3.27. The number of alkyl halides is 1. The van der Waals surface area contributed by atoms with Crippen molar-refractivity contribution in [3.8, 4) is 5.75 Å². The average Bonchev–Trinajstić information content (AvgIpc) is 3.65. The van der Waals surface area contributed by atoms with Gasteiger partial charge in [-0.2, -0.15) is 4.31 Å². The van der Waals surface area contributed by atoms with Gasteiger partial charge >= 0.3 is 5.91 Å². The molecule has 3 aromatic rings. The van der Waals surface area contributed by atoms with Crippen LogP contribution in [0.4, 0.5) is 18.9 Å². The number of nitrogens with zero attached hydrogens (tertiary/aromatic N) is 5. The molecule has 0 radical (unpaired) electrons. The number of carbonyl (C=O) groups is 2. The van der Waals surface area contributed by atoms with E-state index in [0.29, 0.717) is 43.9 Å². The summed E-state index contributed by atoms with van der Waals surface area (Å²) >= 11 is 0. The van der Waals surface area contributed by atoms with Gasteiger partial charge in [0.25, 0.3) is 5.78 Å². The predicted molar refractivity (Wildman–Crippen MR) is 136 cm³/mol. The van der Waals surface area contributed by atoms with Crippen LogP contribution >= 0.6 is 0 Å². The second-order valence-corrected chi connectivity index (χ2v) is 11.5. The quantitative estimate of drug-likeness (QED) is 0.254. The highest BCUT2D eigenvalue weighted by atomic mass is 32.2. The van der Waals surface area contributed by atoms with Crippen molar-refractivity contribution >= 4 is 27.4 Å². The van der Waals surface area contributed by atoms with Gasteiger partial charge in [0.1, 0.15) is 19.1 Å². The van der Waals surface area contributed by atoms with Crippen LogP contribution in [0.15, 0.2) is 47.5 Å². The number of ketones is 1. The molecule has 2 aliphatic rings. The molecule has 2 aromatic carbocycles. The van der Waals surface area contributed by atoms with Crippen LogP contribution in [-0.4, -0.2) is 65.3 Å². The molecule has 1 amide bonds. The first-order valence-electron chi connectivity index (χ1n) is 12.7. The molecule has 40 heavy (non-hydrogen) atoms. The lowest BCUT2D eigenvalue weighted by Crippen LogP contribution is -2.39. The minimum Gasteiger partial charge on any atom is -0.489 e. The highest BCUT2D eigenvalue weighted by Gasteiger charge is 2.40. The molecule has 0 bridgehead atoms. The standard InChI is InChI=1S/C26H26F3N5O5S/c27-10-2-1-4-18-14-32(31-30-18)16-33-23-8-7-20(13-21(23)25(35)26(33)36)40(37,38)34-11-3-5-19(34)15-39-24-9-6-17(28)12-22(24)29/h6-9,12-14,19H,1-5,10-11,15-16H2. The Kier molecular flexibility index (Phi) is 7.90. The van der Waals surface area contributed by atoms with Crippen LogP contribution < -0.4 is 9.64 Å². The van der Waals surface area contributed by atoms with Gasteiger partial charge in [-0.15, -0.1) is 5.10 Å². The first-order valence-corrected chi connectivity index (χ1v) is 14.2. The Morgan fingerprint density at radius 3 is 2.67 bits per heavy atom. The van der Waals surface area contributed by atoms with Gasteiger partial charge in [0.15, 0.2) is 11.6 Å². The summed E-state index contributed by atoms with van der Waals surface area (Å²) in [5.41, 5.74) is 0.825. The third-order valence-electron chi connectivity index (χ3n) is 6.89. The van der Waals surface area contributed by atoms with Crippen molar-refractivity contribution in [2.24, 2.45) is 0 Å². The number of Topliss-reactive ketones (excluding diaryl/α,β-unsaturated/α-hetero) is 1. The van der Waals surface area contributed by atoms with E-state index >= 15 is 0 Å². The summed E-state index contributed by atoms with van der Waals surface area (Å²) in [4.78, 5) is 26.6. The van der Waals surface area contributed by atoms with Gasteiger partial charge in [-0.25, -0.2) is 21.9 Å². The van der Waals surface area contributed by atoms with Gasteiger partial charge < -0.3 is 4.74 Å². The summed E-state index contributed by atoms with van der Waals surface area (Å²) in [7, 11) is -4.09. The highest BCUT2D eigenvalue weighted by molar-refractivity contribution is 7.89. The monoisotopic (exact) mass is 577 g/mol. The molecule has 14 heteroatoms. The number of carbonyl (C=O) groups excluding carboxylic acids is 2. The van der Waals surface area contributed by atoms with E-state index in [1.165, 1.54) is 32.1 Å². The summed E-state index contributed by atoms with van der Waals surface area (Å²) in [5, 5.41) is 7.97. The third-order valence-corrected chi connectivity index (χ3v) is 8.83. The lowest BCUT2D eigenvalue weighted by Gasteiger charge is -2.24. The number of ether oxygens (including phenoxy) is 1. The number of aromatic nitrogens is 3. The van der Waals surface area contributed by atoms with Crippen LogP contribution in [0.5, 0.6) is 5.75 Å². The number of hydrogen-bond acceptors (Lipinski definition) is 7. The Labute approximate surface area is 228 Å². The first kappa shape index (κ1) is 27.8. The van der Waals surface area contributed by atoms with Gasteiger partial charge in [0.05, 0.1) is 40.8 Å². The Bertz CT molecular complexity index is 1550. The molecule has 0 spiro atoms. The third kappa shape index (κ3) is 5.45. The Hall–Kier alpha value is -3.78. The molecule has 2 aliphatic heterocycles. The number of fused-ring (bicyclic) bond motifs is 1. The Morgan fingerprint density at radius 2 is 1.90 bits per heavy atom. The van der Waals surface area contributed by atoms with Crippen molar-refractivity contribution in [1.29, 1.82) is 0 Å². The fourth-order valence-corrected chi connectivity index (χ4v) is 6.56. The van der Waals surface area contributed by atoms with E-state index in [2.05, 4.69) is 10.3 Å². The van der Waals surface area contributed by atoms with E-state index in [1.54, 1.807) is 6.20 Å². The van der Waals surface area contributed by atoms with Crippen molar-refractivity contribution in [2.75, 3.05) is 24.7 Å². The van der Waals surface area contributed by atoms with Crippen molar-refractivity contribution in [2.45, 2.75) is 49.7 Å². The number of sulfonamides is 1. The van der Waals surface area contributed by atoms with E-state index in [4.69, 9.17) is 4.74 Å². The highest BCUT2D eigenvalue weighted by Crippen LogP contribution is 2.34. The fraction of sp³-hybridized carbons (Fsp3) is 0.385. The second-order valence-electron chi connectivity index (χ2n) is 9.58. The zero-order valence-corrected chi connectivity index (χ0v) is 22.1. The molecule has 10 nitrogen and oxygen atoms in total. The number of amides is 1. The maximum absolute atomic E-state index is 14.0. The average molecular weight is 578 g/mol. The molecular weight excluding hydrogens is 551 g/mol. The number of hydrogen-bond donors (Lipinski definition) is 0. The van der Waals surface area contributed by atoms with Crippen molar-refractivity contribution in [3.63, 3.8) is 0 Å². The summed E-state index contributed by atoms with van der Waals surface area (Å²) in [6, 6.07) is 6.17. The van der Waals surface area contributed by atoms with Gasteiger partial charge in [-0.1, -0.05) is 5.21 Å². The lowest BCUT2D eigenvalue weighted by molar-refractivity contribution is -0.114. The maximum atomic E-state index is 14.0. The summed E-state index contributed by atoms with van der Waals surface area (Å²) in [6.07, 6.45) is 4.15. The molecule has 1 atom stereocenters. The molecule has 1 fully saturated rings. The number of rotatable bonds is 11. The summed E-state index contributed by atoms with van der Waals surface area (Å²) in [5.74, 6) is -3.50. The topological polar surface area (TPSA) is 115 Å². The number of halogens is 3. The van der Waals surface area contributed by atoms with Crippen molar-refractivity contribution in [3.05, 3.63) is 65.5 Å². The molecule has 1 aromatic heterocycles. The minimum atomic E-state index is -4.09. The van der Waals surface area contributed by atoms with Crippen molar-refractivity contribution in [1.82, 2.24) is 19.3 Å². The smallest absolute Gasteiger partial charge is 0.301 e. The van der Waals surface area contributed by atoms with Crippen LogP contribution in [0.3, 0.4) is 0 Å². The molecule has 0 saturated carbocycles. The van der Waals surface area contributed by atoms with Crippen LogP contribution in [0, 0.1) is 11.6 Å². The number of aryl methyl sites for hydroxylation is 1. The van der Waals surface area contributed by atoms with Gasteiger partial charge in [-0.05, 0) is 62.4 Å². The number of benzene rings is 2. The molecule has 0 aliphatic carbocycles. The molecular formula is C26H26F3N5O5S. The first-order chi connectivity index (χ1) is 19.2. The van der Waals surface area contributed by atoms with E-state index in [1.807, 2.05) is 0 Å². The fourth-order valence-electron chi connectivity index (χ4n) is 4.85. The number of anilines is 1. The molecule has 3 heterocycles. The zero-order chi connectivity index (χ0) is 28.4. The lowest BCUT2D eigenvalue weighted by atomic mass is 10.1. The van der Waals surface area contributed by atoms with Crippen LogP contribution in [-0.2, 0) is 27.9 Å². The SMILES string of the molecule is O=C1C(=O)N(Cn2cc(CCCCF)nn2)c2ccc(S(=O)(=O)N3CCCC3COc3ccc(F)cc3F)cc21. The zero-order valence-electron chi connectivity index (χ0n) is 21.3. The molecule has 0 N–H and O–H groups in total. The minimum absolute atomic E-state index is 0.0465. The largest absolute Gasteiger partial charge is 0.489 e. The van der Waals surface area contributed by atoms with E-state index in [-0.39, 0.29) is 41.7 Å². The van der Waals surface area contributed by atoms with E-state index in [9.17, 15) is 31.2 Å². The number of unbranched alkanes of at least 4 members (excludes halogenated alkanes) is 1. The Balaban J connectivity index is 1.32. The van der Waals surface area contributed by atoms with Gasteiger partial charge in [0, 0.05) is 12.6 Å². The van der Waals surface area contributed by atoms with Crippen LogP contribution in [0.1, 0.15) is 41.7 Å². The normalized spacial score (nSPS) is 17.6. The van der Waals surface area contributed by atoms with Gasteiger partial charge in [-0.3, -0.25) is 18.9 Å². The summed E-state index contributed by atoms with van der Waals surface area (Å²) < 4.78 is 74.6. The summed E-state index contributed by atoms with van der Waals surface area (Å²) in [6.45, 7) is -0.482. The molecule has 5 rings (SSSR count). The van der Waals surface area contributed by atoms with Gasteiger partial charge in [0.2, 0.25) is 10.0 Å². The van der Waals surface area contributed by atoms with Crippen LogP contribution in [0.25, 0.3) is 0 Å². The Morgan fingerprint density at radius 1 is 1.07 bits per heavy atom. The molecule has 212 valence electrons. The maximum Gasteiger partial charge on any atom is 0.301 e. The molecule has 1 saturated heterocycles. The van der Waals surface area contributed by atoms with Crippen molar-refractivity contribution < 1.29 is 35.9 Å². The van der Waals surface area contributed by atoms with Crippen LogP contribution in [0.2, 0.25) is 0 Å². The molecule has 1 unspecified atom stereocenters.